The first kappa shape index (κ1) is 19.8. The molecule has 2 aromatic carbocycles. The third kappa shape index (κ3) is 3.71. The standard InChI is InChI=1S/C24H19BrN4OS/c25-16-5-3-6-18(15-16)28-14-4-8-21(28)23-22(20-7-1-2-13-26-20)27-24(31)29(23)17-9-11-19(30)12-10-17/h1-15,22-23,30H,(H,27,31). The lowest BCUT2D eigenvalue weighted by atomic mass is 10.0. The van der Waals surface area contributed by atoms with Crippen molar-refractivity contribution in [2.75, 3.05) is 4.90 Å². The highest BCUT2D eigenvalue weighted by molar-refractivity contribution is 9.10. The van der Waals surface area contributed by atoms with Crippen molar-refractivity contribution in [1.29, 1.82) is 0 Å². The van der Waals surface area contributed by atoms with E-state index >= 15 is 0 Å². The first-order chi connectivity index (χ1) is 15.1. The molecule has 5 rings (SSSR count). The molecule has 0 aliphatic carbocycles. The summed E-state index contributed by atoms with van der Waals surface area (Å²) < 4.78 is 3.19. The fourth-order valence-electron chi connectivity index (χ4n) is 4.04. The van der Waals surface area contributed by atoms with E-state index in [-0.39, 0.29) is 17.8 Å². The lowest BCUT2D eigenvalue weighted by Gasteiger charge is -2.29. The maximum atomic E-state index is 9.78. The van der Waals surface area contributed by atoms with Crippen LogP contribution in [-0.4, -0.2) is 19.8 Å². The third-order valence-electron chi connectivity index (χ3n) is 5.40. The molecule has 2 N–H and O–H groups in total. The summed E-state index contributed by atoms with van der Waals surface area (Å²) in [5.41, 5.74) is 3.95. The quantitative estimate of drug-likeness (QED) is 0.369. The zero-order valence-corrected chi connectivity index (χ0v) is 18.8. The molecular formula is C24H19BrN4OS. The normalized spacial score (nSPS) is 18.2. The Balaban J connectivity index is 1.67. The minimum atomic E-state index is -0.138. The average Bonchev–Trinajstić information content (AvgIpc) is 3.39. The molecule has 1 fully saturated rings. The topological polar surface area (TPSA) is 53.3 Å². The monoisotopic (exact) mass is 490 g/mol. The van der Waals surface area contributed by atoms with Gasteiger partial charge in [-0.2, -0.15) is 0 Å². The first-order valence-corrected chi connectivity index (χ1v) is 11.0. The molecule has 0 bridgehead atoms. The Morgan fingerprint density at radius 1 is 0.935 bits per heavy atom. The van der Waals surface area contributed by atoms with E-state index in [1.54, 1.807) is 18.3 Å². The van der Waals surface area contributed by atoms with Gasteiger partial charge in [-0.1, -0.05) is 28.1 Å². The summed E-state index contributed by atoms with van der Waals surface area (Å²) in [7, 11) is 0. The van der Waals surface area contributed by atoms with Crippen molar-refractivity contribution in [3.05, 3.63) is 107 Å². The van der Waals surface area contributed by atoms with Crippen LogP contribution >= 0.6 is 28.1 Å². The molecule has 3 heterocycles. The summed E-state index contributed by atoms with van der Waals surface area (Å²) >= 11 is 9.35. The molecule has 1 saturated heterocycles. The number of anilines is 1. The molecule has 31 heavy (non-hydrogen) atoms. The average molecular weight is 491 g/mol. The maximum Gasteiger partial charge on any atom is 0.174 e. The van der Waals surface area contributed by atoms with Crippen LogP contribution in [0.3, 0.4) is 0 Å². The van der Waals surface area contributed by atoms with Gasteiger partial charge in [-0.05, 0) is 78.9 Å². The summed E-state index contributed by atoms with van der Waals surface area (Å²) in [6.45, 7) is 0. The van der Waals surface area contributed by atoms with Crippen LogP contribution in [-0.2, 0) is 0 Å². The van der Waals surface area contributed by atoms with E-state index in [0.29, 0.717) is 5.11 Å². The van der Waals surface area contributed by atoms with Gasteiger partial charge in [0.25, 0.3) is 0 Å². The molecule has 4 aromatic rings. The lowest BCUT2D eigenvalue weighted by Crippen LogP contribution is -2.30. The molecule has 2 unspecified atom stereocenters. The minimum absolute atomic E-state index is 0.136. The van der Waals surface area contributed by atoms with Gasteiger partial charge >= 0.3 is 0 Å². The molecule has 0 amide bonds. The zero-order chi connectivity index (χ0) is 21.4. The zero-order valence-electron chi connectivity index (χ0n) is 16.4. The van der Waals surface area contributed by atoms with Crippen LogP contribution in [0.25, 0.3) is 5.69 Å². The number of aromatic hydroxyl groups is 1. The van der Waals surface area contributed by atoms with Crippen molar-refractivity contribution < 1.29 is 5.11 Å². The fourth-order valence-corrected chi connectivity index (χ4v) is 4.78. The SMILES string of the molecule is Oc1ccc(N2C(=S)NC(c3ccccn3)C2c2cccn2-c2cccc(Br)c2)cc1. The summed E-state index contributed by atoms with van der Waals surface area (Å²) in [5, 5.41) is 13.9. The Kier molecular flexibility index (Phi) is 5.21. The van der Waals surface area contributed by atoms with E-state index in [1.807, 2.05) is 48.5 Å². The second kappa shape index (κ2) is 8.17. The van der Waals surface area contributed by atoms with E-state index in [0.717, 1.165) is 27.2 Å². The van der Waals surface area contributed by atoms with Crippen molar-refractivity contribution in [3.8, 4) is 11.4 Å². The maximum absolute atomic E-state index is 9.78. The van der Waals surface area contributed by atoms with E-state index in [2.05, 4.69) is 60.1 Å². The number of hydrogen-bond donors (Lipinski definition) is 2. The van der Waals surface area contributed by atoms with Crippen molar-refractivity contribution in [2.24, 2.45) is 0 Å². The van der Waals surface area contributed by atoms with Gasteiger partial charge in [-0.15, -0.1) is 0 Å². The Morgan fingerprint density at radius 2 is 1.77 bits per heavy atom. The van der Waals surface area contributed by atoms with Gasteiger partial charge < -0.3 is 19.9 Å². The molecule has 2 aromatic heterocycles. The lowest BCUT2D eigenvalue weighted by molar-refractivity contribution is 0.475. The number of aromatic nitrogens is 2. The molecule has 154 valence electrons. The van der Waals surface area contributed by atoms with Crippen LogP contribution in [0.4, 0.5) is 5.69 Å². The Hall–Kier alpha value is -3.16. The van der Waals surface area contributed by atoms with E-state index < -0.39 is 0 Å². The third-order valence-corrected chi connectivity index (χ3v) is 6.20. The summed E-state index contributed by atoms with van der Waals surface area (Å²) in [5.74, 6) is 0.220. The molecular weight excluding hydrogens is 472 g/mol. The van der Waals surface area contributed by atoms with Crippen molar-refractivity contribution in [1.82, 2.24) is 14.9 Å². The van der Waals surface area contributed by atoms with Crippen molar-refractivity contribution in [2.45, 2.75) is 12.1 Å². The Morgan fingerprint density at radius 3 is 2.52 bits per heavy atom. The van der Waals surface area contributed by atoms with Gasteiger partial charge in [0.1, 0.15) is 11.8 Å². The second-order valence-corrected chi connectivity index (χ2v) is 8.60. The number of nitrogens with zero attached hydrogens (tertiary/aromatic N) is 3. The van der Waals surface area contributed by atoms with Crippen LogP contribution in [0, 0.1) is 0 Å². The number of phenols is 1. The van der Waals surface area contributed by atoms with Gasteiger partial charge in [0, 0.05) is 33.9 Å². The molecule has 0 radical (unpaired) electrons. The first-order valence-electron chi connectivity index (χ1n) is 9.85. The van der Waals surface area contributed by atoms with Crippen LogP contribution in [0.2, 0.25) is 0 Å². The van der Waals surface area contributed by atoms with Crippen molar-refractivity contribution in [3.63, 3.8) is 0 Å². The van der Waals surface area contributed by atoms with E-state index in [1.165, 1.54) is 0 Å². The Labute approximate surface area is 194 Å². The number of phenolic OH excluding ortho intramolecular Hbond substituents is 1. The highest BCUT2D eigenvalue weighted by Crippen LogP contribution is 2.42. The smallest absolute Gasteiger partial charge is 0.174 e. The Bertz CT molecular complexity index is 1230. The number of thiocarbonyl (C=S) groups is 1. The van der Waals surface area contributed by atoms with Gasteiger partial charge in [-0.25, -0.2) is 0 Å². The van der Waals surface area contributed by atoms with Crippen LogP contribution in [0.5, 0.6) is 5.75 Å². The predicted molar refractivity (Wildman–Crippen MR) is 130 cm³/mol. The number of nitrogens with one attached hydrogen (secondary N) is 1. The van der Waals surface area contributed by atoms with Crippen LogP contribution in [0.1, 0.15) is 23.5 Å². The molecule has 2 atom stereocenters. The summed E-state index contributed by atoms with van der Waals surface area (Å²) in [6.07, 6.45) is 3.86. The molecule has 0 spiro atoms. The van der Waals surface area contributed by atoms with Gasteiger partial charge in [-0.3, -0.25) is 4.98 Å². The number of pyridine rings is 1. The molecule has 7 heteroatoms. The molecule has 5 nitrogen and oxygen atoms in total. The highest BCUT2D eigenvalue weighted by atomic mass is 79.9. The van der Waals surface area contributed by atoms with Crippen LogP contribution in [0.15, 0.2) is 95.7 Å². The number of benzene rings is 2. The summed E-state index contributed by atoms with van der Waals surface area (Å²) in [6, 6.07) is 25.1. The van der Waals surface area contributed by atoms with Crippen molar-refractivity contribution >= 4 is 38.9 Å². The molecule has 1 aliphatic rings. The molecule has 1 aliphatic heterocycles. The summed E-state index contributed by atoms with van der Waals surface area (Å²) in [4.78, 5) is 6.70. The van der Waals surface area contributed by atoms with E-state index in [9.17, 15) is 5.11 Å². The van der Waals surface area contributed by atoms with Crippen LogP contribution < -0.4 is 10.2 Å². The second-order valence-electron chi connectivity index (χ2n) is 7.30. The van der Waals surface area contributed by atoms with E-state index in [4.69, 9.17) is 12.2 Å². The predicted octanol–water partition coefficient (Wildman–Crippen LogP) is 5.52. The fraction of sp³-hybridized carbons (Fsp3) is 0.0833. The minimum Gasteiger partial charge on any atom is -0.508 e. The van der Waals surface area contributed by atoms with Gasteiger partial charge in [0.2, 0.25) is 0 Å². The highest BCUT2D eigenvalue weighted by Gasteiger charge is 2.42. The van der Waals surface area contributed by atoms with Gasteiger partial charge in [0.15, 0.2) is 5.11 Å². The largest absolute Gasteiger partial charge is 0.508 e. The molecule has 0 saturated carbocycles. The van der Waals surface area contributed by atoms with Gasteiger partial charge in [0.05, 0.1) is 11.7 Å². The number of rotatable bonds is 4. The number of halogens is 1. The number of hydrogen-bond acceptors (Lipinski definition) is 3.